The van der Waals surface area contributed by atoms with Crippen LogP contribution in [-0.2, 0) is 0 Å². The average molecular weight is 224 g/mol. The molecule has 0 saturated carbocycles. The summed E-state index contributed by atoms with van der Waals surface area (Å²) in [6.07, 6.45) is -2.12. The van der Waals surface area contributed by atoms with Crippen molar-refractivity contribution in [2.75, 3.05) is 26.7 Å². The van der Waals surface area contributed by atoms with E-state index >= 15 is 0 Å². The zero-order chi connectivity index (χ0) is 11.5. The molecule has 1 fully saturated rings. The summed E-state index contributed by atoms with van der Waals surface area (Å²) in [6.45, 7) is 2.95. The van der Waals surface area contributed by atoms with E-state index in [1.165, 1.54) is 0 Å². The molecule has 0 aromatic heterocycles. The minimum Gasteiger partial charge on any atom is -0.306 e. The molecule has 0 aromatic rings. The van der Waals surface area contributed by atoms with Gasteiger partial charge in [-0.25, -0.2) is 0 Å². The predicted octanol–water partition coefficient (Wildman–Crippen LogP) is 1.87. The molecule has 1 saturated heterocycles. The van der Waals surface area contributed by atoms with Crippen LogP contribution in [0.25, 0.3) is 0 Å². The van der Waals surface area contributed by atoms with E-state index in [9.17, 15) is 13.2 Å². The highest BCUT2D eigenvalue weighted by atomic mass is 19.4. The largest absolute Gasteiger partial charge is 0.401 e. The molecule has 90 valence electrons. The maximum Gasteiger partial charge on any atom is 0.401 e. The Morgan fingerprint density at radius 1 is 1.33 bits per heavy atom. The van der Waals surface area contributed by atoms with Crippen molar-refractivity contribution in [3.05, 3.63) is 0 Å². The molecule has 1 aliphatic rings. The molecule has 15 heavy (non-hydrogen) atoms. The third-order valence-electron chi connectivity index (χ3n) is 3.09. The van der Waals surface area contributed by atoms with Crippen molar-refractivity contribution in [1.82, 2.24) is 10.2 Å². The van der Waals surface area contributed by atoms with Crippen molar-refractivity contribution in [2.45, 2.75) is 32.0 Å². The molecule has 1 rings (SSSR count). The Labute approximate surface area is 88.8 Å². The highest BCUT2D eigenvalue weighted by Crippen LogP contribution is 2.20. The molecular formula is C10H19F3N2. The van der Waals surface area contributed by atoms with Crippen LogP contribution in [0.15, 0.2) is 0 Å². The van der Waals surface area contributed by atoms with Crippen LogP contribution in [0.3, 0.4) is 0 Å². The number of likely N-dealkylation sites (tertiary alicyclic amines) is 1. The first kappa shape index (κ1) is 12.8. The Kier molecular flexibility index (Phi) is 4.40. The zero-order valence-electron chi connectivity index (χ0n) is 9.27. The molecule has 0 radical (unpaired) electrons. The van der Waals surface area contributed by atoms with Gasteiger partial charge in [0.05, 0.1) is 6.54 Å². The third-order valence-corrected chi connectivity index (χ3v) is 3.09. The van der Waals surface area contributed by atoms with Gasteiger partial charge in [0, 0.05) is 6.04 Å². The van der Waals surface area contributed by atoms with Crippen LogP contribution in [0.1, 0.15) is 19.8 Å². The lowest BCUT2D eigenvalue weighted by atomic mass is 9.90. The summed E-state index contributed by atoms with van der Waals surface area (Å²) in [5, 5.41) is 2.56. The number of hydrogen-bond donors (Lipinski definition) is 1. The first-order valence-electron chi connectivity index (χ1n) is 5.37. The van der Waals surface area contributed by atoms with Gasteiger partial charge in [-0.15, -0.1) is 0 Å². The molecule has 1 aliphatic heterocycles. The predicted molar refractivity (Wildman–Crippen MR) is 53.7 cm³/mol. The van der Waals surface area contributed by atoms with Crippen molar-refractivity contribution in [2.24, 2.45) is 5.92 Å². The van der Waals surface area contributed by atoms with Gasteiger partial charge in [-0.3, -0.25) is 0 Å². The van der Waals surface area contributed by atoms with Gasteiger partial charge in [0.15, 0.2) is 0 Å². The van der Waals surface area contributed by atoms with E-state index in [-0.39, 0.29) is 6.04 Å². The van der Waals surface area contributed by atoms with E-state index in [0.29, 0.717) is 5.92 Å². The summed E-state index contributed by atoms with van der Waals surface area (Å²) in [4.78, 5) is 2.22. The molecule has 2 nitrogen and oxygen atoms in total. The molecule has 0 aliphatic carbocycles. The topological polar surface area (TPSA) is 15.3 Å². The summed E-state index contributed by atoms with van der Waals surface area (Å²) in [7, 11) is 2.05. The lowest BCUT2D eigenvalue weighted by Crippen LogP contribution is -2.43. The van der Waals surface area contributed by atoms with Crippen molar-refractivity contribution in [3.8, 4) is 0 Å². The summed E-state index contributed by atoms with van der Waals surface area (Å²) in [5.41, 5.74) is 0. The molecular weight excluding hydrogens is 205 g/mol. The maximum absolute atomic E-state index is 12.0. The number of nitrogens with zero attached hydrogens (tertiary/aromatic N) is 1. The minimum absolute atomic E-state index is 0.0414. The van der Waals surface area contributed by atoms with Crippen LogP contribution in [0.5, 0.6) is 0 Å². The Morgan fingerprint density at radius 3 is 2.33 bits per heavy atom. The molecule has 1 atom stereocenters. The van der Waals surface area contributed by atoms with Crippen LogP contribution in [-0.4, -0.2) is 43.8 Å². The first-order chi connectivity index (χ1) is 6.88. The second-order valence-electron chi connectivity index (χ2n) is 4.43. The highest BCUT2D eigenvalue weighted by Gasteiger charge is 2.29. The van der Waals surface area contributed by atoms with E-state index in [4.69, 9.17) is 0 Å². The normalized spacial score (nSPS) is 23.0. The highest BCUT2D eigenvalue weighted by molar-refractivity contribution is 4.78. The summed E-state index contributed by atoms with van der Waals surface area (Å²) in [5.74, 6) is 0.378. The van der Waals surface area contributed by atoms with Crippen LogP contribution in [0.2, 0.25) is 0 Å². The van der Waals surface area contributed by atoms with Gasteiger partial charge in [0.1, 0.15) is 0 Å². The van der Waals surface area contributed by atoms with E-state index in [1.54, 1.807) is 0 Å². The van der Waals surface area contributed by atoms with E-state index in [1.807, 2.05) is 14.0 Å². The zero-order valence-corrected chi connectivity index (χ0v) is 9.27. The molecule has 0 aromatic carbocycles. The molecule has 1 heterocycles. The standard InChI is InChI=1S/C10H19F3N2/c1-8(14-7-10(11,12)13)9-3-5-15(2)6-4-9/h8-9,14H,3-7H2,1-2H3. The SMILES string of the molecule is CC(NCC(F)(F)F)C1CCN(C)CC1. The van der Waals surface area contributed by atoms with Gasteiger partial charge in [-0.05, 0) is 45.8 Å². The average Bonchev–Trinajstić information content (AvgIpc) is 2.14. The molecule has 0 bridgehead atoms. The number of alkyl halides is 3. The second-order valence-corrected chi connectivity index (χ2v) is 4.43. The summed E-state index contributed by atoms with van der Waals surface area (Å²) < 4.78 is 35.9. The van der Waals surface area contributed by atoms with Crippen LogP contribution >= 0.6 is 0 Å². The molecule has 0 spiro atoms. The number of rotatable bonds is 3. The quantitative estimate of drug-likeness (QED) is 0.787. The van der Waals surface area contributed by atoms with E-state index < -0.39 is 12.7 Å². The number of hydrogen-bond acceptors (Lipinski definition) is 2. The maximum atomic E-state index is 12.0. The number of nitrogens with one attached hydrogen (secondary N) is 1. The Balaban J connectivity index is 2.25. The van der Waals surface area contributed by atoms with Crippen molar-refractivity contribution < 1.29 is 13.2 Å². The Morgan fingerprint density at radius 2 is 1.87 bits per heavy atom. The molecule has 5 heteroatoms. The number of halogens is 3. The van der Waals surface area contributed by atoms with E-state index in [0.717, 1.165) is 25.9 Å². The van der Waals surface area contributed by atoms with E-state index in [2.05, 4.69) is 10.2 Å². The van der Waals surface area contributed by atoms with Crippen LogP contribution in [0.4, 0.5) is 13.2 Å². The monoisotopic (exact) mass is 224 g/mol. The minimum atomic E-state index is -4.10. The van der Waals surface area contributed by atoms with Gasteiger partial charge in [0.2, 0.25) is 0 Å². The molecule has 1 N–H and O–H groups in total. The molecule has 0 amide bonds. The van der Waals surface area contributed by atoms with Gasteiger partial charge >= 0.3 is 6.18 Å². The fourth-order valence-corrected chi connectivity index (χ4v) is 1.97. The number of piperidine rings is 1. The smallest absolute Gasteiger partial charge is 0.306 e. The van der Waals surface area contributed by atoms with Gasteiger partial charge < -0.3 is 10.2 Å². The first-order valence-corrected chi connectivity index (χ1v) is 5.37. The van der Waals surface area contributed by atoms with Gasteiger partial charge in [0.25, 0.3) is 0 Å². The lowest BCUT2D eigenvalue weighted by Gasteiger charge is -2.33. The van der Waals surface area contributed by atoms with Crippen molar-refractivity contribution >= 4 is 0 Å². The van der Waals surface area contributed by atoms with Crippen molar-refractivity contribution in [3.63, 3.8) is 0 Å². The fraction of sp³-hybridized carbons (Fsp3) is 1.00. The third kappa shape index (κ3) is 4.84. The Hall–Kier alpha value is -0.290. The van der Waals surface area contributed by atoms with Crippen LogP contribution < -0.4 is 5.32 Å². The second kappa shape index (κ2) is 5.16. The summed E-state index contributed by atoms with van der Waals surface area (Å²) in [6, 6.07) is -0.0414. The lowest BCUT2D eigenvalue weighted by molar-refractivity contribution is -0.126. The van der Waals surface area contributed by atoms with Crippen molar-refractivity contribution in [1.29, 1.82) is 0 Å². The van der Waals surface area contributed by atoms with Gasteiger partial charge in [-0.2, -0.15) is 13.2 Å². The Bertz CT molecular complexity index is 186. The fourth-order valence-electron chi connectivity index (χ4n) is 1.97. The van der Waals surface area contributed by atoms with Gasteiger partial charge in [-0.1, -0.05) is 0 Å². The van der Waals surface area contributed by atoms with Crippen LogP contribution in [0, 0.1) is 5.92 Å². The molecule has 1 unspecified atom stereocenters. The summed E-state index contributed by atoms with van der Waals surface area (Å²) >= 11 is 0.